The number of nitrogens with one attached hydrogen (secondary N) is 1. The largest absolute Gasteiger partial charge is 0.480 e. The number of likely N-dealkylation sites (tertiary alicyclic amines) is 1. The summed E-state index contributed by atoms with van der Waals surface area (Å²) in [5.74, 6) is -0.835. The van der Waals surface area contributed by atoms with Gasteiger partial charge in [-0.1, -0.05) is 20.3 Å². The second-order valence-electron chi connectivity index (χ2n) is 5.26. The van der Waals surface area contributed by atoms with Crippen molar-refractivity contribution in [2.24, 2.45) is 11.8 Å². The van der Waals surface area contributed by atoms with Gasteiger partial charge in [0.25, 0.3) is 0 Å². The van der Waals surface area contributed by atoms with Crippen molar-refractivity contribution in [3.05, 3.63) is 0 Å². The average Bonchev–Trinajstić information content (AvgIpc) is 2.43. The highest BCUT2D eigenvalue weighted by Gasteiger charge is 2.29. The average molecular weight is 272 g/mol. The van der Waals surface area contributed by atoms with Crippen molar-refractivity contribution in [3.8, 4) is 0 Å². The predicted molar refractivity (Wildman–Crippen MR) is 70.8 cm³/mol. The number of aliphatic hydroxyl groups excluding tert-OH is 1. The molecular weight excluding hydrogens is 248 g/mol. The zero-order valence-corrected chi connectivity index (χ0v) is 11.6. The van der Waals surface area contributed by atoms with Gasteiger partial charge in [0, 0.05) is 19.7 Å². The fourth-order valence-corrected chi connectivity index (χ4v) is 2.23. The Morgan fingerprint density at radius 1 is 1.37 bits per heavy atom. The molecule has 6 heteroatoms. The van der Waals surface area contributed by atoms with Crippen molar-refractivity contribution in [2.75, 3.05) is 19.7 Å². The van der Waals surface area contributed by atoms with Gasteiger partial charge in [0.1, 0.15) is 6.04 Å². The third-order valence-corrected chi connectivity index (χ3v) is 3.92. The summed E-state index contributed by atoms with van der Waals surface area (Å²) in [6.45, 7) is 5.02. The van der Waals surface area contributed by atoms with Gasteiger partial charge in [0.15, 0.2) is 0 Å². The highest BCUT2D eigenvalue weighted by molar-refractivity contribution is 5.82. The maximum atomic E-state index is 12.0. The molecule has 0 aromatic carbocycles. The topological polar surface area (TPSA) is 89.9 Å². The lowest BCUT2D eigenvalue weighted by atomic mass is 9.97. The van der Waals surface area contributed by atoms with Crippen LogP contribution in [0.25, 0.3) is 0 Å². The summed E-state index contributed by atoms with van der Waals surface area (Å²) in [6.07, 6.45) is 2.24. The van der Waals surface area contributed by atoms with Crippen molar-refractivity contribution < 1.29 is 19.8 Å². The second-order valence-corrected chi connectivity index (χ2v) is 5.26. The van der Waals surface area contributed by atoms with E-state index in [1.54, 1.807) is 4.90 Å². The highest BCUT2D eigenvalue weighted by atomic mass is 16.4. The fourth-order valence-electron chi connectivity index (χ4n) is 2.23. The minimum Gasteiger partial charge on any atom is -0.480 e. The van der Waals surface area contributed by atoms with E-state index in [4.69, 9.17) is 10.2 Å². The molecule has 1 aliphatic heterocycles. The number of hydrogen-bond acceptors (Lipinski definition) is 3. The number of hydrogen-bond donors (Lipinski definition) is 3. The van der Waals surface area contributed by atoms with Gasteiger partial charge in [-0.25, -0.2) is 9.59 Å². The van der Waals surface area contributed by atoms with Crippen molar-refractivity contribution in [3.63, 3.8) is 0 Å². The van der Waals surface area contributed by atoms with E-state index in [9.17, 15) is 9.59 Å². The Labute approximate surface area is 113 Å². The van der Waals surface area contributed by atoms with Gasteiger partial charge in [-0.15, -0.1) is 0 Å². The van der Waals surface area contributed by atoms with Crippen LogP contribution in [0, 0.1) is 11.8 Å². The molecule has 1 saturated heterocycles. The van der Waals surface area contributed by atoms with E-state index in [0.717, 1.165) is 12.8 Å². The first-order valence-electron chi connectivity index (χ1n) is 6.88. The highest BCUT2D eigenvalue weighted by Crippen LogP contribution is 2.17. The molecular formula is C13H24N2O4. The number of piperidine rings is 1. The van der Waals surface area contributed by atoms with Crippen LogP contribution in [-0.4, -0.2) is 52.9 Å². The van der Waals surface area contributed by atoms with Crippen LogP contribution in [-0.2, 0) is 4.79 Å². The van der Waals surface area contributed by atoms with E-state index >= 15 is 0 Å². The van der Waals surface area contributed by atoms with Crippen LogP contribution in [0.3, 0.4) is 0 Å². The summed E-state index contributed by atoms with van der Waals surface area (Å²) in [4.78, 5) is 24.8. The first-order chi connectivity index (χ1) is 8.99. The van der Waals surface area contributed by atoms with E-state index in [0.29, 0.717) is 19.5 Å². The number of aliphatic carboxylic acids is 1. The normalized spacial score (nSPS) is 19.8. The molecule has 0 spiro atoms. The Morgan fingerprint density at radius 2 is 1.95 bits per heavy atom. The molecule has 19 heavy (non-hydrogen) atoms. The molecule has 0 saturated carbocycles. The zero-order chi connectivity index (χ0) is 14.4. The monoisotopic (exact) mass is 272 g/mol. The van der Waals surface area contributed by atoms with Gasteiger partial charge in [-0.05, 0) is 24.7 Å². The summed E-state index contributed by atoms with van der Waals surface area (Å²) >= 11 is 0. The molecule has 1 heterocycles. The minimum atomic E-state index is -0.993. The van der Waals surface area contributed by atoms with E-state index in [2.05, 4.69) is 5.32 Å². The lowest BCUT2D eigenvalue weighted by Gasteiger charge is -2.32. The molecule has 2 unspecified atom stereocenters. The van der Waals surface area contributed by atoms with Crippen molar-refractivity contribution in [2.45, 2.75) is 39.2 Å². The molecule has 2 amide bonds. The molecule has 1 rings (SSSR count). The predicted octanol–water partition coefficient (Wildman–Crippen LogP) is 0.900. The molecule has 0 aromatic rings. The van der Waals surface area contributed by atoms with Crippen molar-refractivity contribution in [1.82, 2.24) is 10.2 Å². The number of nitrogens with zero attached hydrogens (tertiary/aromatic N) is 1. The number of carbonyl (C=O) groups excluding carboxylic acids is 1. The Bertz CT molecular complexity index is 314. The van der Waals surface area contributed by atoms with Gasteiger partial charge >= 0.3 is 12.0 Å². The Balaban J connectivity index is 2.51. The second kappa shape index (κ2) is 7.33. The third-order valence-electron chi connectivity index (χ3n) is 3.92. The summed E-state index contributed by atoms with van der Waals surface area (Å²) < 4.78 is 0. The zero-order valence-electron chi connectivity index (χ0n) is 11.6. The molecule has 1 aliphatic rings. The lowest BCUT2D eigenvalue weighted by molar-refractivity contribution is -0.140. The smallest absolute Gasteiger partial charge is 0.326 e. The summed E-state index contributed by atoms with van der Waals surface area (Å²) in [5, 5.41) is 20.8. The van der Waals surface area contributed by atoms with E-state index in [1.165, 1.54) is 0 Å². The van der Waals surface area contributed by atoms with Crippen LogP contribution in [0.1, 0.15) is 33.1 Å². The van der Waals surface area contributed by atoms with Gasteiger partial charge < -0.3 is 20.4 Å². The first kappa shape index (κ1) is 15.8. The molecule has 0 aliphatic carbocycles. The van der Waals surface area contributed by atoms with Gasteiger partial charge in [0.2, 0.25) is 0 Å². The minimum absolute atomic E-state index is 0.101. The van der Waals surface area contributed by atoms with Crippen molar-refractivity contribution in [1.29, 1.82) is 0 Å². The molecule has 110 valence electrons. The number of urea groups is 1. The summed E-state index contributed by atoms with van der Waals surface area (Å²) in [6, 6.07) is -1.16. The van der Waals surface area contributed by atoms with E-state index in [1.807, 2.05) is 13.8 Å². The number of carbonyl (C=O) groups is 2. The number of carboxylic acid groups (broad SMARTS) is 1. The SMILES string of the molecule is CCC(C)C(NC(=O)N1CCC(CO)CC1)C(=O)O. The van der Waals surface area contributed by atoms with Crippen LogP contribution in [0.5, 0.6) is 0 Å². The Hall–Kier alpha value is -1.30. The Kier molecular flexibility index (Phi) is 6.08. The maximum absolute atomic E-state index is 12.0. The number of rotatable bonds is 5. The Morgan fingerprint density at radius 3 is 2.37 bits per heavy atom. The third kappa shape index (κ3) is 4.38. The van der Waals surface area contributed by atoms with Gasteiger partial charge in [0.05, 0.1) is 0 Å². The molecule has 3 N–H and O–H groups in total. The van der Waals surface area contributed by atoms with Crippen LogP contribution in [0.2, 0.25) is 0 Å². The molecule has 0 radical (unpaired) electrons. The number of amides is 2. The van der Waals surface area contributed by atoms with Crippen LogP contribution in [0.4, 0.5) is 4.79 Å². The molecule has 1 fully saturated rings. The van der Waals surface area contributed by atoms with Crippen molar-refractivity contribution >= 4 is 12.0 Å². The fraction of sp³-hybridized carbons (Fsp3) is 0.846. The van der Waals surface area contributed by atoms with Crippen LogP contribution < -0.4 is 5.32 Å². The van der Waals surface area contributed by atoms with E-state index < -0.39 is 12.0 Å². The number of aliphatic hydroxyl groups is 1. The number of carboxylic acids is 1. The maximum Gasteiger partial charge on any atom is 0.326 e. The van der Waals surface area contributed by atoms with Gasteiger partial charge in [-0.3, -0.25) is 0 Å². The summed E-state index contributed by atoms with van der Waals surface area (Å²) in [7, 11) is 0. The first-order valence-corrected chi connectivity index (χ1v) is 6.88. The van der Waals surface area contributed by atoms with Crippen LogP contribution >= 0.6 is 0 Å². The van der Waals surface area contributed by atoms with E-state index in [-0.39, 0.29) is 24.5 Å². The quantitative estimate of drug-likeness (QED) is 0.693. The molecule has 0 aromatic heterocycles. The molecule has 2 atom stereocenters. The molecule has 6 nitrogen and oxygen atoms in total. The van der Waals surface area contributed by atoms with Crippen LogP contribution in [0.15, 0.2) is 0 Å². The molecule has 0 bridgehead atoms. The van der Waals surface area contributed by atoms with Gasteiger partial charge in [-0.2, -0.15) is 0 Å². The standard InChI is InChI=1S/C13H24N2O4/c1-3-9(2)11(12(17)18)14-13(19)15-6-4-10(8-16)5-7-15/h9-11,16H,3-8H2,1-2H3,(H,14,19)(H,17,18). The lowest BCUT2D eigenvalue weighted by Crippen LogP contribution is -2.52. The summed E-state index contributed by atoms with van der Waals surface area (Å²) in [5.41, 5.74) is 0.